The number of hydrogen-bond donors (Lipinski definition) is 1. The average molecular weight is 250 g/mol. The third-order valence-corrected chi connectivity index (χ3v) is 3.05. The van der Waals surface area contributed by atoms with Gasteiger partial charge in [0.1, 0.15) is 11.1 Å². The van der Waals surface area contributed by atoms with Crippen LogP contribution in [0, 0.1) is 0 Å². The lowest BCUT2D eigenvalue weighted by Gasteiger charge is -1.88. The highest BCUT2D eigenvalue weighted by Crippen LogP contribution is 2.30. The van der Waals surface area contributed by atoms with Crippen molar-refractivity contribution in [2.45, 2.75) is 0 Å². The SMILES string of the molecule is Nc1ccc2oc(-c3cc4ccccc4o3)nc2c1. The van der Waals surface area contributed by atoms with E-state index in [1.165, 1.54) is 0 Å². The average Bonchev–Trinajstić information content (AvgIpc) is 3.00. The summed E-state index contributed by atoms with van der Waals surface area (Å²) < 4.78 is 11.4. The maximum absolute atomic E-state index is 5.73. The van der Waals surface area contributed by atoms with Crippen LogP contribution in [0.2, 0.25) is 0 Å². The van der Waals surface area contributed by atoms with E-state index in [0.717, 1.165) is 16.5 Å². The van der Waals surface area contributed by atoms with Gasteiger partial charge >= 0.3 is 0 Å². The summed E-state index contributed by atoms with van der Waals surface area (Å²) in [5.41, 5.74) is 8.64. The number of oxazole rings is 1. The molecule has 4 heteroatoms. The highest BCUT2D eigenvalue weighted by Gasteiger charge is 2.13. The molecule has 0 fully saturated rings. The van der Waals surface area contributed by atoms with Gasteiger partial charge in [-0.15, -0.1) is 0 Å². The summed E-state index contributed by atoms with van der Waals surface area (Å²) in [5, 5.41) is 1.03. The number of rotatable bonds is 1. The van der Waals surface area contributed by atoms with Crippen LogP contribution < -0.4 is 5.73 Å². The fourth-order valence-corrected chi connectivity index (χ4v) is 2.14. The predicted octanol–water partition coefficient (Wildman–Crippen LogP) is 3.82. The fraction of sp³-hybridized carbons (Fsp3) is 0. The van der Waals surface area contributed by atoms with Gasteiger partial charge in [-0.05, 0) is 30.3 Å². The smallest absolute Gasteiger partial charge is 0.263 e. The van der Waals surface area contributed by atoms with Gasteiger partial charge in [0.25, 0.3) is 5.89 Å². The molecule has 2 aromatic carbocycles. The van der Waals surface area contributed by atoms with Gasteiger partial charge in [0.15, 0.2) is 11.3 Å². The highest BCUT2D eigenvalue weighted by molar-refractivity contribution is 5.83. The van der Waals surface area contributed by atoms with Crippen LogP contribution in [0.5, 0.6) is 0 Å². The van der Waals surface area contributed by atoms with E-state index >= 15 is 0 Å². The summed E-state index contributed by atoms with van der Waals surface area (Å²) in [6.45, 7) is 0. The van der Waals surface area contributed by atoms with Crippen LogP contribution >= 0.6 is 0 Å². The molecule has 0 bridgehead atoms. The number of nitrogens with zero attached hydrogens (tertiary/aromatic N) is 1. The van der Waals surface area contributed by atoms with Crippen molar-refractivity contribution < 1.29 is 8.83 Å². The Morgan fingerprint density at radius 1 is 0.895 bits per heavy atom. The molecule has 2 heterocycles. The first-order valence-electron chi connectivity index (χ1n) is 5.95. The Balaban J connectivity index is 1.93. The third kappa shape index (κ3) is 1.57. The van der Waals surface area contributed by atoms with E-state index in [0.29, 0.717) is 22.9 Å². The molecule has 2 aromatic heterocycles. The van der Waals surface area contributed by atoms with Gasteiger partial charge in [-0.25, -0.2) is 4.98 Å². The Morgan fingerprint density at radius 2 is 1.79 bits per heavy atom. The van der Waals surface area contributed by atoms with E-state index in [1.807, 2.05) is 36.4 Å². The molecule has 0 spiro atoms. The second kappa shape index (κ2) is 3.62. The van der Waals surface area contributed by atoms with Crippen molar-refractivity contribution in [3.05, 3.63) is 48.5 Å². The molecule has 0 aliphatic carbocycles. The summed E-state index contributed by atoms with van der Waals surface area (Å²) in [5.74, 6) is 1.09. The van der Waals surface area contributed by atoms with Gasteiger partial charge in [0, 0.05) is 11.1 Å². The Hall–Kier alpha value is -2.75. The molecule has 4 nitrogen and oxygen atoms in total. The molecule has 0 atom stereocenters. The monoisotopic (exact) mass is 250 g/mol. The Bertz CT molecular complexity index is 856. The first kappa shape index (κ1) is 10.2. The number of hydrogen-bond acceptors (Lipinski definition) is 4. The fourth-order valence-electron chi connectivity index (χ4n) is 2.14. The van der Waals surface area contributed by atoms with Crippen LogP contribution in [0.15, 0.2) is 57.4 Å². The Kier molecular flexibility index (Phi) is 1.94. The minimum atomic E-state index is 0.469. The largest absolute Gasteiger partial charge is 0.451 e. The predicted molar refractivity (Wildman–Crippen MR) is 73.6 cm³/mol. The molecule has 4 aromatic rings. The first-order valence-corrected chi connectivity index (χ1v) is 5.95. The van der Waals surface area contributed by atoms with Crippen molar-refractivity contribution >= 4 is 27.8 Å². The molecule has 2 N–H and O–H groups in total. The molecule has 0 unspecified atom stereocenters. The summed E-state index contributed by atoms with van der Waals surface area (Å²) in [6.07, 6.45) is 0. The maximum Gasteiger partial charge on any atom is 0.263 e. The van der Waals surface area contributed by atoms with Crippen LogP contribution in [-0.2, 0) is 0 Å². The van der Waals surface area contributed by atoms with Gasteiger partial charge in [-0.3, -0.25) is 0 Å². The minimum Gasteiger partial charge on any atom is -0.451 e. The molecular formula is C15H10N2O2. The molecule has 0 saturated heterocycles. The number of furan rings is 1. The number of aromatic nitrogens is 1. The second-order valence-electron chi connectivity index (χ2n) is 4.39. The van der Waals surface area contributed by atoms with Crippen molar-refractivity contribution in [1.29, 1.82) is 0 Å². The van der Waals surface area contributed by atoms with Gasteiger partial charge < -0.3 is 14.6 Å². The summed E-state index contributed by atoms with van der Waals surface area (Å²) in [7, 11) is 0. The Morgan fingerprint density at radius 3 is 2.68 bits per heavy atom. The molecule has 0 amide bonds. The maximum atomic E-state index is 5.73. The number of anilines is 1. The normalized spacial score (nSPS) is 11.4. The third-order valence-electron chi connectivity index (χ3n) is 3.05. The lowest BCUT2D eigenvalue weighted by molar-refractivity contribution is 0.559. The van der Waals surface area contributed by atoms with Crippen LogP contribution in [0.1, 0.15) is 0 Å². The van der Waals surface area contributed by atoms with E-state index in [2.05, 4.69) is 4.98 Å². The van der Waals surface area contributed by atoms with Crippen molar-refractivity contribution in [3.8, 4) is 11.7 Å². The molecular weight excluding hydrogens is 240 g/mol. The second-order valence-corrected chi connectivity index (χ2v) is 4.39. The number of nitrogen functional groups attached to an aromatic ring is 1. The van der Waals surface area contributed by atoms with Crippen LogP contribution in [0.4, 0.5) is 5.69 Å². The van der Waals surface area contributed by atoms with Crippen molar-refractivity contribution in [2.24, 2.45) is 0 Å². The summed E-state index contributed by atoms with van der Waals surface area (Å²) in [6, 6.07) is 15.1. The molecule has 0 aliphatic heterocycles. The van der Waals surface area contributed by atoms with Gasteiger partial charge in [-0.1, -0.05) is 18.2 Å². The molecule has 0 aliphatic rings. The Labute approximate surface area is 108 Å². The van der Waals surface area contributed by atoms with E-state index in [9.17, 15) is 0 Å². The standard InChI is InChI=1S/C15H10N2O2/c16-10-5-6-13-11(8-10)17-15(19-13)14-7-9-3-1-2-4-12(9)18-14/h1-8H,16H2. The molecule has 4 rings (SSSR count). The molecule has 0 radical (unpaired) electrons. The highest BCUT2D eigenvalue weighted by atomic mass is 16.4. The van der Waals surface area contributed by atoms with E-state index in [1.54, 1.807) is 12.1 Å². The quantitative estimate of drug-likeness (QED) is 0.521. The first-order chi connectivity index (χ1) is 9.29. The summed E-state index contributed by atoms with van der Waals surface area (Å²) >= 11 is 0. The number of nitrogens with two attached hydrogens (primary N) is 1. The minimum absolute atomic E-state index is 0.469. The topological polar surface area (TPSA) is 65.2 Å². The number of fused-ring (bicyclic) bond motifs is 2. The van der Waals surface area contributed by atoms with Crippen LogP contribution in [0.25, 0.3) is 33.7 Å². The molecule has 92 valence electrons. The zero-order chi connectivity index (χ0) is 12.8. The lowest BCUT2D eigenvalue weighted by Crippen LogP contribution is -1.82. The van der Waals surface area contributed by atoms with Gasteiger partial charge in [0.2, 0.25) is 0 Å². The number of para-hydroxylation sites is 1. The molecule has 19 heavy (non-hydrogen) atoms. The van der Waals surface area contributed by atoms with Crippen LogP contribution in [-0.4, -0.2) is 4.98 Å². The zero-order valence-electron chi connectivity index (χ0n) is 9.96. The van der Waals surface area contributed by atoms with E-state index in [-0.39, 0.29) is 0 Å². The van der Waals surface area contributed by atoms with Crippen LogP contribution in [0.3, 0.4) is 0 Å². The zero-order valence-corrected chi connectivity index (χ0v) is 9.96. The molecule has 0 saturated carbocycles. The van der Waals surface area contributed by atoms with Crippen molar-refractivity contribution in [3.63, 3.8) is 0 Å². The van der Waals surface area contributed by atoms with Gasteiger partial charge in [0.05, 0.1) is 0 Å². The van der Waals surface area contributed by atoms with Crippen molar-refractivity contribution in [1.82, 2.24) is 4.98 Å². The van der Waals surface area contributed by atoms with E-state index < -0.39 is 0 Å². The van der Waals surface area contributed by atoms with E-state index in [4.69, 9.17) is 14.6 Å². The number of benzene rings is 2. The summed E-state index contributed by atoms with van der Waals surface area (Å²) in [4.78, 5) is 4.40. The van der Waals surface area contributed by atoms with Gasteiger partial charge in [-0.2, -0.15) is 0 Å². The van der Waals surface area contributed by atoms with Crippen molar-refractivity contribution in [2.75, 3.05) is 5.73 Å². The lowest BCUT2D eigenvalue weighted by atomic mass is 10.2.